The maximum absolute atomic E-state index is 14.1. The predicted octanol–water partition coefficient (Wildman–Crippen LogP) is 4.65. The van der Waals surface area contributed by atoms with Gasteiger partial charge in [-0.1, -0.05) is 48.5 Å². The molecule has 2 aromatic heterocycles. The van der Waals surface area contributed by atoms with E-state index in [1.54, 1.807) is 25.1 Å². The smallest absolute Gasteiger partial charge is 0.255 e. The first-order valence-electron chi connectivity index (χ1n) is 10.7. The fraction of sp³-hybridized carbons (Fsp3) is 0.115. The van der Waals surface area contributed by atoms with Crippen molar-refractivity contribution in [2.24, 2.45) is 0 Å². The summed E-state index contributed by atoms with van der Waals surface area (Å²) in [6.07, 6.45) is 3.32. The van der Waals surface area contributed by atoms with Crippen LogP contribution < -0.4 is 5.32 Å². The fourth-order valence-corrected chi connectivity index (χ4v) is 3.87. The third-order valence-electron chi connectivity index (χ3n) is 5.69. The number of carbonyl (C=O) groups excluding carboxylic acids is 1. The minimum atomic E-state index is -0.389. The third kappa shape index (κ3) is 4.13. The van der Waals surface area contributed by atoms with Crippen LogP contribution in [0.4, 0.5) is 4.39 Å². The normalized spacial score (nSPS) is 11.1. The Morgan fingerprint density at radius 2 is 1.70 bits per heavy atom. The van der Waals surface area contributed by atoms with Gasteiger partial charge in [0.15, 0.2) is 0 Å². The summed E-state index contributed by atoms with van der Waals surface area (Å²) in [5, 5.41) is 7.12. The van der Waals surface area contributed by atoms with E-state index in [0.29, 0.717) is 23.5 Å². The predicted molar refractivity (Wildman–Crippen MR) is 125 cm³/mol. The Labute approximate surface area is 190 Å². The van der Waals surface area contributed by atoms with Gasteiger partial charge in [0.2, 0.25) is 0 Å². The van der Waals surface area contributed by atoms with Crippen LogP contribution >= 0.6 is 0 Å². The molecule has 5 aromatic rings. The monoisotopic (exact) mass is 439 g/mol. The Bertz CT molecular complexity index is 1430. The number of imidazole rings is 1. The molecule has 1 N–H and O–H groups in total. The number of benzene rings is 3. The van der Waals surface area contributed by atoms with Crippen LogP contribution in [0.25, 0.3) is 16.7 Å². The molecular weight excluding hydrogens is 417 g/mol. The van der Waals surface area contributed by atoms with Crippen LogP contribution in [0, 0.1) is 12.7 Å². The molecule has 0 saturated carbocycles. The number of aromatic nitrogens is 4. The van der Waals surface area contributed by atoms with E-state index >= 15 is 0 Å². The van der Waals surface area contributed by atoms with Crippen molar-refractivity contribution < 1.29 is 9.18 Å². The maximum atomic E-state index is 14.1. The molecule has 33 heavy (non-hydrogen) atoms. The van der Waals surface area contributed by atoms with Gasteiger partial charge in [-0.3, -0.25) is 4.79 Å². The van der Waals surface area contributed by atoms with Gasteiger partial charge in [0.05, 0.1) is 34.8 Å². The van der Waals surface area contributed by atoms with Crippen molar-refractivity contribution >= 4 is 16.9 Å². The molecule has 0 atom stereocenters. The molecule has 0 fully saturated rings. The van der Waals surface area contributed by atoms with Gasteiger partial charge in [-0.05, 0) is 42.3 Å². The Balaban J connectivity index is 1.24. The van der Waals surface area contributed by atoms with Crippen LogP contribution in [0.15, 0.2) is 85.3 Å². The Kier molecular flexibility index (Phi) is 5.44. The molecule has 0 aliphatic heterocycles. The van der Waals surface area contributed by atoms with Crippen LogP contribution in [-0.2, 0) is 13.1 Å². The minimum absolute atomic E-state index is 0.246. The molecule has 0 aliphatic carbocycles. The van der Waals surface area contributed by atoms with Gasteiger partial charge in [0.1, 0.15) is 11.5 Å². The van der Waals surface area contributed by atoms with E-state index < -0.39 is 0 Å². The average Bonchev–Trinajstić information content (AvgIpc) is 3.42. The summed E-state index contributed by atoms with van der Waals surface area (Å²) in [4.78, 5) is 17.1. The lowest BCUT2D eigenvalue weighted by atomic mass is 10.1. The van der Waals surface area contributed by atoms with E-state index in [2.05, 4.69) is 38.2 Å². The first kappa shape index (κ1) is 20.6. The first-order valence-corrected chi connectivity index (χ1v) is 10.7. The largest absolute Gasteiger partial charge is 0.348 e. The van der Waals surface area contributed by atoms with Gasteiger partial charge in [-0.25, -0.2) is 14.1 Å². The lowest BCUT2D eigenvalue weighted by Gasteiger charge is -2.09. The number of halogens is 1. The molecule has 164 valence electrons. The number of fused-ring (bicyclic) bond motifs is 1. The van der Waals surface area contributed by atoms with E-state index in [9.17, 15) is 9.18 Å². The summed E-state index contributed by atoms with van der Waals surface area (Å²) >= 11 is 0. The number of nitrogens with zero attached hydrogens (tertiary/aromatic N) is 4. The van der Waals surface area contributed by atoms with Gasteiger partial charge >= 0.3 is 0 Å². The topological polar surface area (TPSA) is 64.7 Å². The second-order valence-electron chi connectivity index (χ2n) is 7.87. The standard InChI is InChI=1S/C26H22FN5O/c1-18-21(15-30-32(18)24-8-4-2-6-22(24)27)26(33)28-14-19-10-12-20(13-11-19)16-31-17-29-23-7-3-5-9-25(23)31/h2-13,15,17H,14,16H2,1H3,(H,28,33). The van der Waals surface area contributed by atoms with Crippen molar-refractivity contribution in [2.45, 2.75) is 20.0 Å². The van der Waals surface area contributed by atoms with E-state index in [0.717, 1.165) is 28.7 Å². The molecule has 1 amide bonds. The number of nitrogens with one attached hydrogen (secondary N) is 1. The van der Waals surface area contributed by atoms with Crippen LogP contribution in [0.1, 0.15) is 27.2 Å². The molecule has 0 aliphatic rings. The molecule has 3 aromatic carbocycles. The third-order valence-corrected chi connectivity index (χ3v) is 5.69. The summed E-state index contributed by atoms with van der Waals surface area (Å²) in [7, 11) is 0. The maximum Gasteiger partial charge on any atom is 0.255 e. The number of hydrogen-bond donors (Lipinski definition) is 1. The molecular formula is C26H22FN5O. The van der Waals surface area contributed by atoms with Gasteiger partial charge in [0.25, 0.3) is 5.91 Å². The molecule has 0 unspecified atom stereocenters. The van der Waals surface area contributed by atoms with Crippen LogP contribution in [-0.4, -0.2) is 25.2 Å². The van der Waals surface area contributed by atoms with Crippen LogP contribution in [0.3, 0.4) is 0 Å². The lowest BCUT2D eigenvalue weighted by molar-refractivity contribution is 0.0950. The van der Waals surface area contributed by atoms with E-state index in [1.807, 2.05) is 36.7 Å². The number of rotatable bonds is 6. The van der Waals surface area contributed by atoms with Crippen molar-refractivity contribution in [3.63, 3.8) is 0 Å². The number of amides is 1. The van der Waals surface area contributed by atoms with Gasteiger partial charge in [-0.15, -0.1) is 0 Å². The Morgan fingerprint density at radius 1 is 0.970 bits per heavy atom. The second-order valence-corrected chi connectivity index (χ2v) is 7.87. The van der Waals surface area contributed by atoms with E-state index in [1.165, 1.54) is 16.9 Å². The zero-order chi connectivity index (χ0) is 22.8. The van der Waals surface area contributed by atoms with Crippen LogP contribution in [0.5, 0.6) is 0 Å². The summed E-state index contributed by atoms with van der Waals surface area (Å²) in [6, 6.07) is 22.5. The highest BCUT2D eigenvalue weighted by Gasteiger charge is 2.16. The average molecular weight is 439 g/mol. The highest BCUT2D eigenvalue weighted by atomic mass is 19.1. The van der Waals surface area contributed by atoms with Crippen molar-refractivity contribution in [1.82, 2.24) is 24.6 Å². The zero-order valence-corrected chi connectivity index (χ0v) is 18.1. The Morgan fingerprint density at radius 3 is 2.52 bits per heavy atom. The molecule has 0 radical (unpaired) electrons. The van der Waals surface area contributed by atoms with Crippen molar-refractivity contribution in [3.05, 3.63) is 114 Å². The van der Waals surface area contributed by atoms with Gasteiger partial charge < -0.3 is 9.88 Å². The van der Waals surface area contributed by atoms with Crippen molar-refractivity contribution in [3.8, 4) is 5.69 Å². The number of para-hydroxylation sites is 3. The number of carbonyl (C=O) groups is 1. The summed E-state index contributed by atoms with van der Waals surface area (Å²) < 4.78 is 17.7. The van der Waals surface area contributed by atoms with Crippen molar-refractivity contribution in [1.29, 1.82) is 0 Å². The molecule has 0 bridgehead atoms. The molecule has 7 heteroatoms. The second kappa shape index (κ2) is 8.70. The number of hydrogen-bond acceptors (Lipinski definition) is 3. The van der Waals surface area contributed by atoms with Crippen molar-refractivity contribution in [2.75, 3.05) is 0 Å². The highest BCUT2D eigenvalue weighted by molar-refractivity contribution is 5.95. The quantitative estimate of drug-likeness (QED) is 0.419. The lowest BCUT2D eigenvalue weighted by Crippen LogP contribution is -2.23. The highest BCUT2D eigenvalue weighted by Crippen LogP contribution is 2.18. The molecule has 5 rings (SSSR count). The summed E-state index contributed by atoms with van der Waals surface area (Å²) in [6.45, 7) is 2.86. The SMILES string of the molecule is Cc1c(C(=O)NCc2ccc(Cn3cnc4ccccc43)cc2)cnn1-c1ccccc1F. The minimum Gasteiger partial charge on any atom is -0.348 e. The van der Waals surface area contributed by atoms with Crippen LogP contribution in [0.2, 0.25) is 0 Å². The summed E-state index contributed by atoms with van der Waals surface area (Å²) in [5.41, 5.74) is 5.53. The molecule has 2 heterocycles. The van der Waals surface area contributed by atoms with E-state index in [-0.39, 0.29) is 11.7 Å². The first-order chi connectivity index (χ1) is 16.1. The van der Waals surface area contributed by atoms with E-state index in [4.69, 9.17) is 0 Å². The molecule has 6 nitrogen and oxygen atoms in total. The van der Waals surface area contributed by atoms with Gasteiger partial charge in [0, 0.05) is 13.1 Å². The molecule has 0 saturated heterocycles. The van der Waals surface area contributed by atoms with Gasteiger partial charge in [-0.2, -0.15) is 5.10 Å². The summed E-state index contributed by atoms with van der Waals surface area (Å²) in [5.74, 6) is -0.636. The zero-order valence-electron chi connectivity index (χ0n) is 18.1. The Hall–Kier alpha value is -4.26. The molecule has 0 spiro atoms. The fourth-order valence-electron chi connectivity index (χ4n) is 3.87.